The highest BCUT2D eigenvalue weighted by atomic mass is 19.1. The molecule has 1 fully saturated rings. The lowest BCUT2D eigenvalue weighted by atomic mass is 9.98. The third kappa shape index (κ3) is 7.02. The fourth-order valence-corrected chi connectivity index (χ4v) is 4.37. The molecule has 2 aromatic rings. The SMILES string of the molecule is CC(C)c1ccc(N[C@H]2CC[C@@H](C(=O)N(CC(=O)O)Cc3cccc(F)c3)CC[C@@H]2O)cc1. The van der Waals surface area contributed by atoms with Gasteiger partial charge in [0.2, 0.25) is 5.91 Å². The predicted octanol–water partition coefficient (Wildman–Crippen LogP) is 4.39. The van der Waals surface area contributed by atoms with Gasteiger partial charge in [0, 0.05) is 18.2 Å². The van der Waals surface area contributed by atoms with Crippen LogP contribution in [-0.4, -0.2) is 45.7 Å². The van der Waals surface area contributed by atoms with Crippen LogP contribution in [0.5, 0.6) is 0 Å². The van der Waals surface area contributed by atoms with Crippen molar-refractivity contribution in [3.05, 3.63) is 65.5 Å². The summed E-state index contributed by atoms with van der Waals surface area (Å²) in [5, 5.41) is 23.4. The van der Waals surface area contributed by atoms with Crippen LogP contribution < -0.4 is 5.32 Å². The van der Waals surface area contributed by atoms with E-state index >= 15 is 0 Å². The number of nitrogens with zero attached hydrogens (tertiary/aromatic N) is 1. The number of carboxylic acid groups (broad SMARTS) is 1. The highest BCUT2D eigenvalue weighted by molar-refractivity contribution is 5.83. The van der Waals surface area contributed by atoms with Crippen molar-refractivity contribution in [1.82, 2.24) is 4.90 Å². The first-order valence-corrected chi connectivity index (χ1v) is 11.5. The predicted molar refractivity (Wildman–Crippen MR) is 125 cm³/mol. The first kappa shape index (κ1) is 24.7. The van der Waals surface area contributed by atoms with E-state index in [9.17, 15) is 24.2 Å². The number of carbonyl (C=O) groups excluding carboxylic acids is 1. The zero-order chi connectivity index (χ0) is 24.0. The van der Waals surface area contributed by atoms with Gasteiger partial charge in [-0.2, -0.15) is 0 Å². The van der Waals surface area contributed by atoms with Gasteiger partial charge >= 0.3 is 5.97 Å². The summed E-state index contributed by atoms with van der Waals surface area (Å²) in [6.07, 6.45) is 1.44. The molecular formula is C26H33FN2O4. The summed E-state index contributed by atoms with van der Waals surface area (Å²) in [6, 6.07) is 13.8. The normalized spacial score (nSPS) is 20.8. The molecule has 3 atom stereocenters. The number of benzene rings is 2. The Kier molecular flexibility index (Phi) is 8.44. The van der Waals surface area contributed by atoms with E-state index in [0.29, 0.717) is 37.2 Å². The minimum atomic E-state index is -1.11. The molecule has 1 aliphatic rings. The molecule has 6 nitrogen and oxygen atoms in total. The minimum Gasteiger partial charge on any atom is -0.480 e. The number of amides is 1. The lowest BCUT2D eigenvalue weighted by Gasteiger charge is -2.26. The zero-order valence-electron chi connectivity index (χ0n) is 19.2. The first-order chi connectivity index (χ1) is 15.7. The molecule has 1 saturated carbocycles. The van der Waals surface area contributed by atoms with Crippen molar-refractivity contribution in [2.24, 2.45) is 5.92 Å². The maximum atomic E-state index is 13.6. The van der Waals surface area contributed by atoms with Gasteiger partial charge in [-0.3, -0.25) is 9.59 Å². The summed E-state index contributed by atoms with van der Waals surface area (Å²) in [6.45, 7) is 3.86. The first-order valence-electron chi connectivity index (χ1n) is 11.5. The summed E-state index contributed by atoms with van der Waals surface area (Å²) in [7, 11) is 0. The molecular weight excluding hydrogens is 423 g/mol. The molecule has 0 bridgehead atoms. The number of hydrogen-bond donors (Lipinski definition) is 3. The molecule has 1 aliphatic carbocycles. The maximum absolute atomic E-state index is 13.6. The average molecular weight is 457 g/mol. The van der Waals surface area contributed by atoms with Gasteiger partial charge in [0.1, 0.15) is 12.4 Å². The number of anilines is 1. The molecule has 2 aromatic carbocycles. The van der Waals surface area contributed by atoms with Gasteiger partial charge in [0.15, 0.2) is 0 Å². The molecule has 0 radical (unpaired) electrons. The van der Waals surface area contributed by atoms with Crippen LogP contribution in [0.4, 0.5) is 10.1 Å². The summed E-state index contributed by atoms with van der Waals surface area (Å²) < 4.78 is 13.6. The third-order valence-electron chi connectivity index (χ3n) is 6.28. The summed E-state index contributed by atoms with van der Waals surface area (Å²) >= 11 is 0. The van der Waals surface area contributed by atoms with Crippen LogP contribution in [0.1, 0.15) is 56.6 Å². The zero-order valence-corrected chi connectivity index (χ0v) is 19.2. The Morgan fingerprint density at radius 1 is 1.09 bits per heavy atom. The van der Waals surface area contributed by atoms with Crippen LogP contribution in [0.2, 0.25) is 0 Å². The highest BCUT2D eigenvalue weighted by Gasteiger charge is 2.32. The largest absolute Gasteiger partial charge is 0.480 e. The number of carbonyl (C=O) groups is 2. The number of carboxylic acids is 1. The number of aliphatic carboxylic acids is 1. The van der Waals surface area contributed by atoms with Crippen molar-refractivity contribution in [2.75, 3.05) is 11.9 Å². The van der Waals surface area contributed by atoms with Crippen LogP contribution in [0.15, 0.2) is 48.5 Å². The standard InChI is InChI=1S/C26H33FN2O4/c1-17(2)19-6-10-22(11-7-19)28-23-12-8-20(9-13-24(23)30)26(33)29(16-25(31)32)15-18-4-3-5-21(27)14-18/h3-7,10-11,14,17,20,23-24,28,30H,8-9,12-13,15-16H2,1-2H3,(H,31,32)/t20-,23+,24+/m1/s1. The molecule has 0 spiro atoms. The molecule has 0 unspecified atom stereocenters. The van der Waals surface area contributed by atoms with Crippen LogP contribution in [0.3, 0.4) is 0 Å². The van der Waals surface area contributed by atoms with E-state index < -0.39 is 24.4 Å². The molecule has 0 aliphatic heterocycles. The number of rotatable bonds is 8. The molecule has 0 saturated heterocycles. The lowest BCUT2D eigenvalue weighted by molar-refractivity contribution is -0.147. The van der Waals surface area contributed by atoms with E-state index in [2.05, 4.69) is 31.3 Å². The van der Waals surface area contributed by atoms with Gasteiger partial charge in [-0.15, -0.1) is 0 Å². The monoisotopic (exact) mass is 456 g/mol. The Labute approximate surface area is 194 Å². The van der Waals surface area contributed by atoms with Crippen molar-refractivity contribution in [1.29, 1.82) is 0 Å². The quantitative estimate of drug-likeness (QED) is 0.513. The van der Waals surface area contributed by atoms with Gasteiger partial charge in [-0.1, -0.05) is 38.1 Å². The number of aliphatic hydroxyl groups is 1. The van der Waals surface area contributed by atoms with Gasteiger partial charge in [0.05, 0.1) is 12.1 Å². The van der Waals surface area contributed by atoms with E-state index in [-0.39, 0.29) is 24.4 Å². The summed E-state index contributed by atoms with van der Waals surface area (Å²) in [5.74, 6) is -1.75. The maximum Gasteiger partial charge on any atom is 0.323 e. The number of aliphatic hydroxyl groups excluding tert-OH is 1. The minimum absolute atomic E-state index is 0.0336. The molecule has 0 heterocycles. The Morgan fingerprint density at radius 2 is 1.79 bits per heavy atom. The Balaban J connectivity index is 1.66. The topological polar surface area (TPSA) is 89.9 Å². The van der Waals surface area contributed by atoms with E-state index in [1.165, 1.54) is 22.6 Å². The molecule has 1 amide bonds. The van der Waals surface area contributed by atoms with E-state index in [0.717, 1.165) is 5.69 Å². The number of hydrogen-bond acceptors (Lipinski definition) is 4. The lowest BCUT2D eigenvalue weighted by Crippen LogP contribution is -2.39. The fourth-order valence-electron chi connectivity index (χ4n) is 4.37. The van der Waals surface area contributed by atoms with E-state index in [1.807, 2.05) is 12.1 Å². The third-order valence-corrected chi connectivity index (χ3v) is 6.28. The van der Waals surface area contributed by atoms with Gasteiger partial charge in [0.25, 0.3) is 0 Å². The number of nitrogens with one attached hydrogen (secondary N) is 1. The highest BCUT2D eigenvalue weighted by Crippen LogP contribution is 2.28. The second kappa shape index (κ2) is 11.3. The van der Waals surface area contributed by atoms with E-state index in [4.69, 9.17) is 0 Å². The molecule has 33 heavy (non-hydrogen) atoms. The second-order valence-electron chi connectivity index (χ2n) is 9.16. The molecule has 0 aromatic heterocycles. The van der Waals surface area contributed by atoms with Crippen LogP contribution in [0, 0.1) is 11.7 Å². The van der Waals surface area contributed by atoms with Gasteiger partial charge in [-0.05, 0) is 67.0 Å². The van der Waals surface area contributed by atoms with Crippen molar-refractivity contribution in [2.45, 2.75) is 64.1 Å². The van der Waals surface area contributed by atoms with Crippen LogP contribution in [0.25, 0.3) is 0 Å². The Morgan fingerprint density at radius 3 is 2.42 bits per heavy atom. The molecule has 3 N–H and O–H groups in total. The van der Waals surface area contributed by atoms with Crippen molar-refractivity contribution < 1.29 is 24.2 Å². The Hall–Kier alpha value is -2.93. The van der Waals surface area contributed by atoms with Crippen LogP contribution >= 0.6 is 0 Å². The van der Waals surface area contributed by atoms with Crippen molar-refractivity contribution >= 4 is 17.6 Å². The second-order valence-corrected chi connectivity index (χ2v) is 9.16. The Bertz CT molecular complexity index is 948. The van der Waals surface area contributed by atoms with E-state index in [1.54, 1.807) is 12.1 Å². The average Bonchev–Trinajstić information content (AvgIpc) is 2.94. The summed E-state index contributed by atoms with van der Waals surface area (Å²) in [5.41, 5.74) is 2.71. The smallest absolute Gasteiger partial charge is 0.323 e. The molecule has 7 heteroatoms. The van der Waals surface area contributed by atoms with Crippen LogP contribution in [-0.2, 0) is 16.1 Å². The van der Waals surface area contributed by atoms with Gasteiger partial charge < -0.3 is 20.4 Å². The molecule has 178 valence electrons. The van der Waals surface area contributed by atoms with Gasteiger partial charge in [-0.25, -0.2) is 4.39 Å². The fraction of sp³-hybridized carbons (Fsp3) is 0.462. The number of halogens is 1. The summed E-state index contributed by atoms with van der Waals surface area (Å²) in [4.78, 5) is 25.9. The van der Waals surface area contributed by atoms with Crippen molar-refractivity contribution in [3.8, 4) is 0 Å². The molecule has 3 rings (SSSR count). The van der Waals surface area contributed by atoms with Crippen molar-refractivity contribution in [3.63, 3.8) is 0 Å².